The van der Waals surface area contributed by atoms with Crippen molar-refractivity contribution in [3.8, 4) is 10.7 Å². The van der Waals surface area contributed by atoms with E-state index < -0.39 is 0 Å². The van der Waals surface area contributed by atoms with Crippen LogP contribution in [0.5, 0.6) is 0 Å². The molecule has 4 nitrogen and oxygen atoms in total. The number of nitrogens with zero attached hydrogens (tertiary/aromatic N) is 2. The fourth-order valence-electron chi connectivity index (χ4n) is 2.27. The van der Waals surface area contributed by atoms with E-state index in [2.05, 4.69) is 24.1 Å². The van der Waals surface area contributed by atoms with Crippen LogP contribution >= 0.6 is 23.1 Å². The number of aromatic nitrogens is 2. The minimum atomic E-state index is 0.0339. The summed E-state index contributed by atoms with van der Waals surface area (Å²) in [4.78, 5) is 22.6. The van der Waals surface area contributed by atoms with Gasteiger partial charge in [-0.2, -0.15) is 0 Å². The van der Waals surface area contributed by atoms with Crippen molar-refractivity contribution in [2.75, 3.05) is 5.75 Å². The van der Waals surface area contributed by atoms with Gasteiger partial charge in [0.1, 0.15) is 5.03 Å². The summed E-state index contributed by atoms with van der Waals surface area (Å²) < 4.78 is 0. The molecule has 0 spiro atoms. The lowest BCUT2D eigenvalue weighted by Crippen LogP contribution is -2.37. The molecule has 2 heterocycles. The largest absolute Gasteiger partial charge is 0.353 e. The average molecular weight is 372 g/mol. The first-order valence-electron chi connectivity index (χ1n) is 8.27. The molecule has 130 valence electrons. The van der Waals surface area contributed by atoms with Gasteiger partial charge in [0.2, 0.25) is 5.91 Å². The van der Waals surface area contributed by atoms with E-state index in [9.17, 15) is 4.79 Å². The Kier molecular flexibility index (Phi) is 5.71. The molecule has 1 N–H and O–H groups in total. The Hall–Kier alpha value is -1.92. The van der Waals surface area contributed by atoms with E-state index in [-0.39, 0.29) is 11.9 Å². The molecule has 1 atom stereocenters. The van der Waals surface area contributed by atoms with Gasteiger partial charge >= 0.3 is 0 Å². The van der Waals surface area contributed by atoms with Gasteiger partial charge in [0.05, 0.1) is 16.1 Å². The summed E-state index contributed by atoms with van der Waals surface area (Å²) in [7, 11) is 0. The maximum atomic E-state index is 12.2. The number of para-hydroxylation sites is 1. The zero-order valence-corrected chi connectivity index (χ0v) is 16.2. The third-order valence-electron chi connectivity index (χ3n) is 4.04. The molecule has 1 aromatic carbocycles. The van der Waals surface area contributed by atoms with Crippen molar-refractivity contribution in [1.29, 1.82) is 0 Å². The van der Waals surface area contributed by atoms with Crippen molar-refractivity contribution in [2.24, 2.45) is 5.92 Å². The van der Waals surface area contributed by atoms with Crippen LogP contribution in [-0.4, -0.2) is 27.7 Å². The fourth-order valence-corrected chi connectivity index (χ4v) is 3.76. The van der Waals surface area contributed by atoms with Crippen molar-refractivity contribution >= 4 is 39.9 Å². The zero-order chi connectivity index (χ0) is 17.8. The van der Waals surface area contributed by atoms with Crippen molar-refractivity contribution in [3.05, 3.63) is 41.8 Å². The molecule has 0 saturated carbocycles. The Balaban J connectivity index is 1.84. The summed E-state index contributed by atoms with van der Waals surface area (Å²) in [6.07, 6.45) is 0. The van der Waals surface area contributed by atoms with Crippen LogP contribution in [0.2, 0.25) is 0 Å². The van der Waals surface area contributed by atoms with E-state index in [1.54, 1.807) is 11.3 Å². The molecule has 1 unspecified atom stereocenters. The number of hydrogen-bond donors (Lipinski definition) is 1. The number of amides is 1. The van der Waals surface area contributed by atoms with Gasteiger partial charge in [-0.05, 0) is 30.4 Å². The summed E-state index contributed by atoms with van der Waals surface area (Å²) in [6, 6.07) is 12.1. The summed E-state index contributed by atoms with van der Waals surface area (Å²) in [6.45, 7) is 6.23. The fraction of sp³-hybridized carbons (Fsp3) is 0.316. The van der Waals surface area contributed by atoms with Crippen LogP contribution in [0.1, 0.15) is 20.8 Å². The van der Waals surface area contributed by atoms with Gasteiger partial charge in [0.15, 0.2) is 5.82 Å². The lowest BCUT2D eigenvalue weighted by atomic mass is 10.1. The number of hydrogen-bond acceptors (Lipinski definition) is 5. The molecular formula is C19H21N3OS2. The van der Waals surface area contributed by atoms with E-state index >= 15 is 0 Å². The SMILES string of the molecule is CC(C)C(C)NC(=O)CSc1nc(-c2cccs2)nc2ccccc12. The van der Waals surface area contributed by atoms with Crippen LogP contribution in [-0.2, 0) is 4.79 Å². The van der Waals surface area contributed by atoms with Crippen LogP contribution in [0, 0.1) is 5.92 Å². The van der Waals surface area contributed by atoms with Crippen molar-refractivity contribution < 1.29 is 4.79 Å². The molecule has 3 rings (SSSR count). The highest BCUT2D eigenvalue weighted by Gasteiger charge is 2.14. The van der Waals surface area contributed by atoms with E-state index in [0.717, 1.165) is 20.8 Å². The number of carbonyl (C=O) groups is 1. The maximum Gasteiger partial charge on any atom is 0.230 e. The molecule has 25 heavy (non-hydrogen) atoms. The van der Waals surface area contributed by atoms with Crippen LogP contribution in [0.3, 0.4) is 0 Å². The predicted molar refractivity (Wildman–Crippen MR) is 106 cm³/mol. The Morgan fingerprint density at radius 3 is 2.68 bits per heavy atom. The van der Waals surface area contributed by atoms with Gasteiger partial charge in [-0.1, -0.05) is 49.9 Å². The van der Waals surface area contributed by atoms with Crippen molar-refractivity contribution in [2.45, 2.75) is 31.8 Å². The third-order valence-corrected chi connectivity index (χ3v) is 5.90. The summed E-state index contributed by atoms with van der Waals surface area (Å²) in [5.74, 6) is 1.51. The van der Waals surface area contributed by atoms with Gasteiger partial charge in [0, 0.05) is 11.4 Å². The highest BCUT2D eigenvalue weighted by molar-refractivity contribution is 8.00. The van der Waals surface area contributed by atoms with Crippen LogP contribution in [0.15, 0.2) is 46.8 Å². The van der Waals surface area contributed by atoms with E-state index in [4.69, 9.17) is 4.98 Å². The lowest BCUT2D eigenvalue weighted by Gasteiger charge is -2.17. The molecule has 0 radical (unpaired) electrons. The maximum absolute atomic E-state index is 12.2. The first-order valence-corrected chi connectivity index (χ1v) is 10.1. The van der Waals surface area contributed by atoms with Gasteiger partial charge < -0.3 is 5.32 Å². The second-order valence-corrected chi connectivity index (χ2v) is 8.15. The second-order valence-electron chi connectivity index (χ2n) is 6.24. The van der Waals surface area contributed by atoms with Crippen LogP contribution < -0.4 is 5.32 Å². The Morgan fingerprint density at radius 1 is 1.16 bits per heavy atom. The predicted octanol–water partition coefficient (Wildman–Crippen LogP) is 4.61. The standard InChI is InChI=1S/C19H21N3OS2/c1-12(2)13(3)20-17(23)11-25-19-14-7-4-5-8-15(14)21-18(22-19)16-9-6-10-24-16/h4-10,12-13H,11H2,1-3H3,(H,20,23). The second kappa shape index (κ2) is 7.97. The summed E-state index contributed by atoms with van der Waals surface area (Å²) in [5, 5.41) is 6.89. The number of benzene rings is 1. The highest BCUT2D eigenvalue weighted by atomic mass is 32.2. The molecule has 0 aliphatic heterocycles. The number of nitrogens with one attached hydrogen (secondary N) is 1. The van der Waals surface area contributed by atoms with Gasteiger partial charge in [-0.15, -0.1) is 11.3 Å². The van der Waals surface area contributed by atoms with E-state index in [1.165, 1.54) is 11.8 Å². The lowest BCUT2D eigenvalue weighted by molar-refractivity contribution is -0.119. The highest BCUT2D eigenvalue weighted by Crippen LogP contribution is 2.29. The number of thioether (sulfide) groups is 1. The first-order chi connectivity index (χ1) is 12.0. The molecular weight excluding hydrogens is 350 g/mol. The van der Waals surface area contributed by atoms with Gasteiger partial charge in [0.25, 0.3) is 0 Å². The first kappa shape index (κ1) is 17.9. The molecule has 0 saturated heterocycles. The topological polar surface area (TPSA) is 54.9 Å². The minimum Gasteiger partial charge on any atom is -0.353 e. The number of fused-ring (bicyclic) bond motifs is 1. The Morgan fingerprint density at radius 2 is 1.96 bits per heavy atom. The molecule has 0 aliphatic rings. The number of rotatable bonds is 6. The van der Waals surface area contributed by atoms with E-state index in [0.29, 0.717) is 17.5 Å². The number of carbonyl (C=O) groups excluding carboxylic acids is 1. The molecule has 0 fully saturated rings. The number of thiophene rings is 1. The summed E-state index contributed by atoms with van der Waals surface area (Å²) in [5.41, 5.74) is 0.902. The van der Waals surface area contributed by atoms with Crippen molar-refractivity contribution in [1.82, 2.24) is 15.3 Å². The minimum absolute atomic E-state index is 0.0339. The quantitative estimate of drug-likeness (QED) is 0.508. The normalized spacial score (nSPS) is 12.5. The Bertz CT molecular complexity index is 862. The van der Waals surface area contributed by atoms with Crippen LogP contribution in [0.4, 0.5) is 0 Å². The molecule has 6 heteroatoms. The molecule has 0 aliphatic carbocycles. The smallest absolute Gasteiger partial charge is 0.230 e. The van der Waals surface area contributed by atoms with E-state index in [1.807, 2.05) is 48.7 Å². The van der Waals surface area contributed by atoms with Gasteiger partial charge in [-0.25, -0.2) is 9.97 Å². The van der Waals surface area contributed by atoms with Crippen LogP contribution in [0.25, 0.3) is 21.6 Å². The molecule has 2 aromatic heterocycles. The van der Waals surface area contributed by atoms with Crippen molar-refractivity contribution in [3.63, 3.8) is 0 Å². The van der Waals surface area contributed by atoms with Gasteiger partial charge in [-0.3, -0.25) is 4.79 Å². The molecule has 3 aromatic rings. The zero-order valence-electron chi connectivity index (χ0n) is 14.5. The third kappa shape index (κ3) is 4.38. The average Bonchev–Trinajstić information content (AvgIpc) is 3.14. The summed E-state index contributed by atoms with van der Waals surface area (Å²) >= 11 is 3.08. The molecule has 1 amide bonds. The monoisotopic (exact) mass is 371 g/mol. The Labute approximate surface area is 156 Å². The molecule has 0 bridgehead atoms.